The molecule has 0 saturated carbocycles. The topological polar surface area (TPSA) is 121 Å². The summed E-state index contributed by atoms with van der Waals surface area (Å²) < 4.78 is 1.50. The lowest BCUT2D eigenvalue weighted by Crippen LogP contribution is -2.03. The van der Waals surface area contributed by atoms with Crippen LogP contribution >= 0.6 is 0 Å². The van der Waals surface area contributed by atoms with Crippen molar-refractivity contribution in [3.8, 4) is 40.0 Å². The predicted molar refractivity (Wildman–Crippen MR) is 125 cm³/mol. The molecule has 4 aromatic rings. The number of carboxylic acid groups (broad SMARTS) is 1. The van der Waals surface area contributed by atoms with E-state index in [9.17, 15) is 15.0 Å². The number of hydrogen-bond acceptors (Lipinski definition) is 6. The fraction of sp³-hybridized carbons (Fsp3) is 0.160. The molecule has 0 bridgehead atoms. The Kier molecular flexibility index (Phi) is 6.66. The second-order valence-corrected chi connectivity index (χ2v) is 7.51. The van der Waals surface area contributed by atoms with Crippen LogP contribution in [0.25, 0.3) is 28.5 Å². The molecule has 0 amide bonds. The largest absolute Gasteiger partial charge is 0.507 e. The summed E-state index contributed by atoms with van der Waals surface area (Å²) in [5, 5.41) is 37.2. The van der Waals surface area contributed by atoms with Gasteiger partial charge in [0.25, 0.3) is 0 Å². The molecule has 8 heteroatoms. The second kappa shape index (κ2) is 9.97. The van der Waals surface area contributed by atoms with Crippen molar-refractivity contribution in [2.75, 3.05) is 13.1 Å². The van der Waals surface area contributed by atoms with Gasteiger partial charge in [0, 0.05) is 0 Å². The molecule has 0 radical (unpaired) electrons. The number of phenolic OH excluding ortho intramolecular Hbond substituents is 2. The van der Waals surface area contributed by atoms with Crippen LogP contribution in [0, 0.1) is 0 Å². The summed E-state index contributed by atoms with van der Waals surface area (Å²) in [6, 6.07) is 19.5. The fourth-order valence-corrected chi connectivity index (χ4v) is 3.48. The molecule has 1 aliphatic heterocycles. The molecule has 33 heavy (non-hydrogen) atoms. The van der Waals surface area contributed by atoms with E-state index in [2.05, 4.69) is 15.4 Å². The molecule has 1 aliphatic rings. The van der Waals surface area contributed by atoms with Gasteiger partial charge in [-0.3, -0.25) is 0 Å². The average Bonchev–Trinajstić information content (AvgIpc) is 3.54. The molecule has 0 spiro atoms. The van der Waals surface area contributed by atoms with Gasteiger partial charge in [0.05, 0.1) is 22.4 Å². The number of aromatic hydroxyl groups is 2. The van der Waals surface area contributed by atoms with Crippen molar-refractivity contribution in [3.05, 3.63) is 78.4 Å². The van der Waals surface area contributed by atoms with Crippen LogP contribution in [0.5, 0.6) is 11.5 Å². The van der Waals surface area contributed by atoms with Gasteiger partial charge >= 0.3 is 5.97 Å². The van der Waals surface area contributed by atoms with Crippen LogP contribution < -0.4 is 5.32 Å². The van der Waals surface area contributed by atoms with Crippen molar-refractivity contribution in [1.29, 1.82) is 0 Å². The summed E-state index contributed by atoms with van der Waals surface area (Å²) in [6.45, 7) is 2.50. The fourth-order valence-electron chi connectivity index (χ4n) is 3.48. The number of benzene rings is 3. The molecule has 168 valence electrons. The van der Waals surface area contributed by atoms with Gasteiger partial charge in [-0.2, -0.15) is 0 Å². The average molecular weight is 444 g/mol. The number of carbonyl (C=O) groups is 1. The number of aromatic nitrogens is 3. The summed E-state index contributed by atoms with van der Waals surface area (Å²) in [4.78, 5) is 15.6. The van der Waals surface area contributed by atoms with Gasteiger partial charge in [-0.15, -0.1) is 5.10 Å². The van der Waals surface area contributed by atoms with Crippen LogP contribution in [0.1, 0.15) is 23.2 Å². The van der Waals surface area contributed by atoms with E-state index in [0.29, 0.717) is 22.6 Å². The first-order valence-electron chi connectivity index (χ1n) is 10.6. The highest BCUT2D eigenvalue weighted by molar-refractivity contribution is 5.87. The molecule has 1 saturated heterocycles. The van der Waals surface area contributed by atoms with Gasteiger partial charge in [-0.05, 0) is 74.5 Å². The van der Waals surface area contributed by atoms with Crippen molar-refractivity contribution in [1.82, 2.24) is 20.1 Å². The molecule has 0 atom stereocenters. The van der Waals surface area contributed by atoms with Gasteiger partial charge in [0.2, 0.25) is 0 Å². The van der Waals surface area contributed by atoms with Crippen molar-refractivity contribution in [2.24, 2.45) is 0 Å². The van der Waals surface area contributed by atoms with Gasteiger partial charge in [-0.25, -0.2) is 14.5 Å². The Hall–Kier alpha value is -4.17. The minimum absolute atomic E-state index is 0.0298. The summed E-state index contributed by atoms with van der Waals surface area (Å²) in [6.07, 6.45) is 2.78. The molecule has 1 fully saturated rings. The van der Waals surface area contributed by atoms with Crippen LogP contribution in [-0.2, 0) is 0 Å². The zero-order chi connectivity index (χ0) is 23.2. The van der Waals surface area contributed by atoms with Gasteiger partial charge < -0.3 is 20.6 Å². The summed E-state index contributed by atoms with van der Waals surface area (Å²) in [5.74, 6) is -0.328. The normalized spacial score (nSPS) is 12.7. The van der Waals surface area contributed by atoms with Crippen molar-refractivity contribution in [2.45, 2.75) is 12.8 Å². The van der Waals surface area contributed by atoms with E-state index in [1.54, 1.807) is 54.6 Å². The van der Waals surface area contributed by atoms with Crippen LogP contribution in [0.3, 0.4) is 0 Å². The van der Waals surface area contributed by atoms with E-state index < -0.39 is 5.97 Å². The number of phenols is 2. The highest BCUT2D eigenvalue weighted by Gasteiger charge is 2.19. The van der Waals surface area contributed by atoms with E-state index in [1.165, 1.54) is 48.8 Å². The number of aromatic carboxylic acids is 1. The lowest BCUT2D eigenvalue weighted by atomic mass is 10.1. The maximum absolute atomic E-state index is 11.1. The quantitative estimate of drug-likeness (QED) is 0.374. The summed E-state index contributed by atoms with van der Waals surface area (Å²) in [7, 11) is 0. The van der Waals surface area contributed by atoms with Crippen molar-refractivity contribution in [3.63, 3.8) is 0 Å². The summed E-state index contributed by atoms with van der Waals surface area (Å²) in [5.41, 5.74) is 1.62. The molecular weight excluding hydrogens is 420 g/mol. The molecule has 0 unspecified atom stereocenters. The first kappa shape index (κ1) is 22.0. The SMILES string of the molecule is C1CCNC1.O=C(O)c1ccc(-n2nc(-c3ccccc3O)nc2-c2ccccc2O)cc1. The van der Waals surface area contributed by atoms with Crippen molar-refractivity contribution >= 4 is 5.97 Å². The van der Waals surface area contributed by atoms with E-state index in [-0.39, 0.29) is 22.9 Å². The molecule has 1 aromatic heterocycles. The first-order chi connectivity index (χ1) is 16.0. The van der Waals surface area contributed by atoms with Crippen LogP contribution in [-0.4, -0.2) is 49.1 Å². The zero-order valence-corrected chi connectivity index (χ0v) is 17.8. The number of rotatable bonds is 4. The molecule has 2 heterocycles. The number of para-hydroxylation sites is 2. The number of nitrogens with one attached hydrogen (secondary N) is 1. The Morgan fingerprint density at radius 3 is 1.91 bits per heavy atom. The van der Waals surface area contributed by atoms with E-state index >= 15 is 0 Å². The highest BCUT2D eigenvalue weighted by Crippen LogP contribution is 2.33. The third-order valence-electron chi connectivity index (χ3n) is 5.21. The Bertz CT molecular complexity index is 1240. The lowest BCUT2D eigenvalue weighted by molar-refractivity contribution is 0.0697. The van der Waals surface area contributed by atoms with Crippen molar-refractivity contribution < 1.29 is 20.1 Å². The Balaban J connectivity index is 0.000000459. The second-order valence-electron chi connectivity index (χ2n) is 7.51. The Labute approximate surface area is 190 Å². The van der Waals surface area contributed by atoms with Crippen LogP contribution in [0.2, 0.25) is 0 Å². The standard InChI is InChI=1S/C21H15N3O4.C4H9N/c25-17-7-3-1-5-15(17)19-22-20(16-6-2-4-8-18(16)26)24(23-19)14-11-9-13(10-12-14)21(27)28;1-2-4-5-3-1/h1-12,25-26H,(H,27,28);5H,1-4H2. The van der Waals surface area contributed by atoms with Gasteiger partial charge in [0.1, 0.15) is 11.5 Å². The maximum Gasteiger partial charge on any atom is 0.335 e. The molecule has 0 aliphatic carbocycles. The number of carboxylic acids is 1. The molecule has 3 aromatic carbocycles. The first-order valence-corrected chi connectivity index (χ1v) is 10.6. The maximum atomic E-state index is 11.1. The number of nitrogens with zero attached hydrogens (tertiary/aromatic N) is 3. The van der Waals surface area contributed by atoms with E-state index in [4.69, 9.17) is 5.11 Å². The van der Waals surface area contributed by atoms with Gasteiger partial charge in [0.15, 0.2) is 11.6 Å². The van der Waals surface area contributed by atoms with Crippen LogP contribution in [0.4, 0.5) is 0 Å². The minimum atomic E-state index is -1.03. The molecular formula is C25H24N4O4. The monoisotopic (exact) mass is 444 g/mol. The third kappa shape index (κ3) is 5.02. The van der Waals surface area contributed by atoms with E-state index in [0.717, 1.165) is 0 Å². The van der Waals surface area contributed by atoms with E-state index in [1.807, 2.05) is 0 Å². The molecule has 8 nitrogen and oxygen atoms in total. The third-order valence-corrected chi connectivity index (χ3v) is 5.21. The predicted octanol–water partition coefficient (Wildman–Crippen LogP) is 4.08. The smallest absolute Gasteiger partial charge is 0.335 e. The highest BCUT2D eigenvalue weighted by atomic mass is 16.4. The summed E-state index contributed by atoms with van der Waals surface area (Å²) >= 11 is 0. The molecule has 4 N–H and O–H groups in total. The Morgan fingerprint density at radius 1 is 0.818 bits per heavy atom. The number of hydrogen-bond donors (Lipinski definition) is 4. The van der Waals surface area contributed by atoms with Crippen LogP contribution in [0.15, 0.2) is 72.8 Å². The lowest BCUT2D eigenvalue weighted by Gasteiger charge is -2.07. The van der Waals surface area contributed by atoms with Gasteiger partial charge in [-0.1, -0.05) is 24.3 Å². The minimum Gasteiger partial charge on any atom is -0.507 e. The zero-order valence-electron chi connectivity index (χ0n) is 17.8. The molecule has 5 rings (SSSR count). The Morgan fingerprint density at radius 2 is 1.39 bits per heavy atom.